The van der Waals surface area contributed by atoms with Gasteiger partial charge in [0.15, 0.2) is 5.11 Å². The summed E-state index contributed by atoms with van der Waals surface area (Å²) in [6.07, 6.45) is 4.68. The number of hydrogen-bond acceptors (Lipinski definition) is 2. The van der Waals surface area contributed by atoms with E-state index in [0.717, 1.165) is 24.3 Å². The molecule has 0 atom stereocenters. The lowest BCUT2D eigenvalue weighted by Gasteiger charge is -2.33. The Morgan fingerprint density at radius 1 is 1.04 bits per heavy atom. The lowest BCUT2D eigenvalue weighted by molar-refractivity contribution is 0.406. The summed E-state index contributed by atoms with van der Waals surface area (Å²) < 4.78 is 5.19. The average molecular weight is 340 g/mol. The summed E-state index contributed by atoms with van der Waals surface area (Å²) in [5, 5.41) is 7.59. The van der Waals surface area contributed by atoms with Crippen LogP contribution >= 0.6 is 12.2 Å². The summed E-state index contributed by atoms with van der Waals surface area (Å²) in [6, 6.07) is 16.4. The van der Waals surface area contributed by atoms with E-state index in [9.17, 15) is 0 Å². The van der Waals surface area contributed by atoms with Gasteiger partial charge in [0.05, 0.1) is 12.6 Å². The second kappa shape index (κ2) is 7.22. The van der Waals surface area contributed by atoms with Crippen molar-refractivity contribution < 1.29 is 4.74 Å². The minimum Gasteiger partial charge on any atom is -0.497 e. The first-order valence-electron chi connectivity index (χ1n) is 8.42. The van der Waals surface area contributed by atoms with Gasteiger partial charge in [0, 0.05) is 5.69 Å². The van der Waals surface area contributed by atoms with E-state index >= 15 is 0 Å². The predicted octanol–water partition coefficient (Wildman–Crippen LogP) is 4.76. The number of hydrogen-bond donors (Lipinski definition) is 2. The van der Waals surface area contributed by atoms with Crippen molar-refractivity contribution >= 4 is 23.0 Å². The van der Waals surface area contributed by atoms with Crippen molar-refractivity contribution in [3.8, 4) is 5.75 Å². The average Bonchev–Trinajstić information content (AvgIpc) is 3.05. The van der Waals surface area contributed by atoms with E-state index in [-0.39, 0.29) is 5.54 Å². The Morgan fingerprint density at radius 3 is 2.33 bits per heavy atom. The zero-order chi connectivity index (χ0) is 17.0. The number of thiocarbonyl (C=S) groups is 1. The van der Waals surface area contributed by atoms with E-state index in [1.165, 1.54) is 24.0 Å². The van der Waals surface area contributed by atoms with E-state index in [2.05, 4.69) is 41.8 Å². The second-order valence-corrected chi connectivity index (χ2v) is 6.82. The SMILES string of the molecule is COc1ccc(NC(=S)NC2(c3ccccc3C)CCCC2)cc1. The topological polar surface area (TPSA) is 33.3 Å². The summed E-state index contributed by atoms with van der Waals surface area (Å²) in [7, 11) is 1.67. The molecule has 1 aliphatic carbocycles. The van der Waals surface area contributed by atoms with Crippen LogP contribution in [0.1, 0.15) is 36.8 Å². The fraction of sp³-hybridized carbons (Fsp3) is 0.350. The molecule has 0 heterocycles. The predicted molar refractivity (Wildman–Crippen MR) is 104 cm³/mol. The van der Waals surface area contributed by atoms with Crippen LogP contribution in [0.4, 0.5) is 5.69 Å². The first-order chi connectivity index (χ1) is 11.6. The molecule has 126 valence electrons. The molecule has 0 radical (unpaired) electrons. The molecule has 3 nitrogen and oxygen atoms in total. The largest absolute Gasteiger partial charge is 0.497 e. The van der Waals surface area contributed by atoms with E-state index in [4.69, 9.17) is 17.0 Å². The van der Waals surface area contributed by atoms with Crippen molar-refractivity contribution in [2.45, 2.75) is 38.1 Å². The number of aryl methyl sites for hydroxylation is 1. The molecule has 0 saturated heterocycles. The Hall–Kier alpha value is -2.07. The van der Waals surface area contributed by atoms with Gasteiger partial charge >= 0.3 is 0 Å². The molecular weight excluding hydrogens is 316 g/mol. The summed E-state index contributed by atoms with van der Waals surface area (Å²) in [4.78, 5) is 0. The highest BCUT2D eigenvalue weighted by atomic mass is 32.1. The van der Waals surface area contributed by atoms with Gasteiger partial charge in [-0.1, -0.05) is 37.1 Å². The van der Waals surface area contributed by atoms with E-state index in [0.29, 0.717) is 5.11 Å². The van der Waals surface area contributed by atoms with E-state index in [1.54, 1.807) is 7.11 Å². The molecule has 1 fully saturated rings. The first kappa shape index (κ1) is 16.8. The van der Waals surface area contributed by atoms with Gasteiger partial charge in [-0.15, -0.1) is 0 Å². The molecule has 1 saturated carbocycles. The number of methoxy groups -OCH3 is 1. The molecule has 24 heavy (non-hydrogen) atoms. The van der Waals surface area contributed by atoms with Gasteiger partial charge in [-0.05, 0) is 67.4 Å². The maximum atomic E-state index is 5.60. The van der Waals surface area contributed by atoms with Crippen LogP contribution in [0.5, 0.6) is 5.75 Å². The quantitative estimate of drug-likeness (QED) is 0.786. The molecule has 2 aromatic carbocycles. The minimum atomic E-state index is -0.0537. The summed E-state index contributed by atoms with van der Waals surface area (Å²) >= 11 is 5.60. The highest BCUT2D eigenvalue weighted by molar-refractivity contribution is 7.80. The highest BCUT2D eigenvalue weighted by Gasteiger charge is 2.37. The van der Waals surface area contributed by atoms with Gasteiger partial charge < -0.3 is 15.4 Å². The van der Waals surface area contributed by atoms with Crippen molar-refractivity contribution in [2.24, 2.45) is 0 Å². The van der Waals surface area contributed by atoms with E-state index < -0.39 is 0 Å². The van der Waals surface area contributed by atoms with E-state index in [1.807, 2.05) is 24.3 Å². The van der Waals surface area contributed by atoms with Crippen LogP contribution in [0, 0.1) is 6.92 Å². The molecule has 4 heteroatoms. The zero-order valence-corrected chi connectivity index (χ0v) is 15.1. The minimum absolute atomic E-state index is 0.0537. The van der Waals surface area contributed by atoms with Crippen molar-refractivity contribution in [1.29, 1.82) is 0 Å². The van der Waals surface area contributed by atoms with Crippen molar-refractivity contribution in [3.63, 3.8) is 0 Å². The first-order valence-corrected chi connectivity index (χ1v) is 8.83. The van der Waals surface area contributed by atoms with Crippen LogP contribution in [0.15, 0.2) is 48.5 Å². The zero-order valence-electron chi connectivity index (χ0n) is 14.3. The summed E-state index contributed by atoms with van der Waals surface area (Å²) in [6.45, 7) is 2.18. The maximum absolute atomic E-state index is 5.60. The van der Waals surface area contributed by atoms with Gasteiger partial charge in [0.2, 0.25) is 0 Å². The highest BCUT2D eigenvalue weighted by Crippen LogP contribution is 2.40. The number of rotatable bonds is 4. The van der Waals surface area contributed by atoms with Gasteiger partial charge in [-0.2, -0.15) is 0 Å². The van der Waals surface area contributed by atoms with Crippen LogP contribution in [-0.4, -0.2) is 12.2 Å². The van der Waals surface area contributed by atoms with Crippen LogP contribution < -0.4 is 15.4 Å². The number of nitrogens with one attached hydrogen (secondary N) is 2. The second-order valence-electron chi connectivity index (χ2n) is 6.41. The molecule has 1 aliphatic rings. The third kappa shape index (κ3) is 3.54. The maximum Gasteiger partial charge on any atom is 0.171 e. The van der Waals surface area contributed by atoms with Crippen LogP contribution in [0.3, 0.4) is 0 Å². The third-order valence-electron chi connectivity index (χ3n) is 4.82. The van der Waals surface area contributed by atoms with Crippen molar-refractivity contribution in [2.75, 3.05) is 12.4 Å². The van der Waals surface area contributed by atoms with Crippen LogP contribution in [0.25, 0.3) is 0 Å². The lowest BCUT2D eigenvalue weighted by Crippen LogP contribution is -2.46. The molecule has 0 spiro atoms. The third-order valence-corrected chi connectivity index (χ3v) is 5.02. The fourth-order valence-corrected chi connectivity index (χ4v) is 3.92. The van der Waals surface area contributed by atoms with Gasteiger partial charge in [-0.3, -0.25) is 0 Å². The standard InChI is InChI=1S/C20H24N2OS/c1-15-7-3-4-8-18(15)20(13-5-6-14-20)22-19(24)21-16-9-11-17(23-2)12-10-16/h3-4,7-12H,5-6,13-14H2,1-2H3,(H2,21,22,24). The monoisotopic (exact) mass is 340 g/mol. The Morgan fingerprint density at radius 2 is 1.71 bits per heavy atom. The Balaban J connectivity index is 1.76. The molecule has 0 unspecified atom stereocenters. The smallest absolute Gasteiger partial charge is 0.171 e. The van der Waals surface area contributed by atoms with Crippen LogP contribution in [-0.2, 0) is 5.54 Å². The Labute approximate surface area is 149 Å². The molecule has 0 aromatic heterocycles. The Bertz CT molecular complexity index is 706. The Kier molecular flexibility index (Phi) is 5.05. The lowest BCUT2D eigenvalue weighted by atomic mass is 9.85. The van der Waals surface area contributed by atoms with Gasteiger partial charge in [0.25, 0.3) is 0 Å². The molecule has 0 bridgehead atoms. The van der Waals surface area contributed by atoms with Gasteiger partial charge in [0.1, 0.15) is 5.75 Å². The fourth-order valence-electron chi connectivity index (χ4n) is 3.60. The molecule has 3 rings (SSSR count). The number of benzene rings is 2. The van der Waals surface area contributed by atoms with Crippen LogP contribution in [0.2, 0.25) is 0 Å². The number of ether oxygens (including phenoxy) is 1. The normalized spacial score (nSPS) is 15.8. The molecule has 0 amide bonds. The van der Waals surface area contributed by atoms with Crippen molar-refractivity contribution in [3.05, 3.63) is 59.7 Å². The summed E-state index contributed by atoms with van der Waals surface area (Å²) in [5.74, 6) is 0.839. The molecule has 2 N–H and O–H groups in total. The molecular formula is C20H24N2OS. The van der Waals surface area contributed by atoms with Gasteiger partial charge in [-0.25, -0.2) is 0 Å². The molecule has 0 aliphatic heterocycles. The van der Waals surface area contributed by atoms with Crippen molar-refractivity contribution in [1.82, 2.24) is 5.32 Å². The summed E-state index contributed by atoms with van der Waals surface area (Å²) in [5.41, 5.74) is 3.59. The molecule has 2 aromatic rings. The number of anilines is 1.